The molecular formula is C25H24N+. The van der Waals surface area contributed by atoms with Crippen molar-refractivity contribution in [3.05, 3.63) is 78.4 Å². The van der Waals surface area contributed by atoms with Gasteiger partial charge in [0.2, 0.25) is 11.2 Å². The van der Waals surface area contributed by atoms with E-state index in [2.05, 4.69) is 91.2 Å². The van der Waals surface area contributed by atoms with E-state index in [1.54, 1.807) is 0 Å². The second-order valence-corrected chi connectivity index (χ2v) is 7.51. The fraction of sp³-hybridized carbons (Fsp3) is 0.240. The molecule has 0 spiro atoms. The molecule has 5 rings (SSSR count). The van der Waals surface area contributed by atoms with Crippen LogP contribution < -0.4 is 4.57 Å². The molecule has 1 aromatic heterocycles. The average Bonchev–Trinajstić information content (AvgIpc) is 2.72. The molecule has 2 heterocycles. The highest BCUT2D eigenvalue weighted by Crippen LogP contribution is 2.41. The van der Waals surface area contributed by atoms with E-state index in [0.717, 1.165) is 19.3 Å². The quantitative estimate of drug-likeness (QED) is 0.311. The van der Waals surface area contributed by atoms with E-state index in [-0.39, 0.29) is 5.54 Å². The molecule has 0 saturated carbocycles. The molecule has 0 bridgehead atoms. The zero-order chi connectivity index (χ0) is 17.7. The summed E-state index contributed by atoms with van der Waals surface area (Å²) in [6.45, 7) is 4.69. The second-order valence-electron chi connectivity index (χ2n) is 7.51. The Morgan fingerprint density at radius 2 is 1.35 bits per heavy atom. The highest BCUT2D eigenvalue weighted by Gasteiger charge is 2.45. The largest absolute Gasteiger partial charge is 0.221 e. The Bertz CT molecular complexity index is 1140. The number of aromatic nitrogens is 1. The Morgan fingerprint density at radius 3 is 2.12 bits per heavy atom. The van der Waals surface area contributed by atoms with Crippen LogP contribution in [0.3, 0.4) is 0 Å². The number of fused-ring (bicyclic) bond motifs is 8. The van der Waals surface area contributed by atoms with Gasteiger partial charge < -0.3 is 0 Å². The topological polar surface area (TPSA) is 3.88 Å². The molecule has 4 aromatic rings. The smallest absolute Gasteiger partial charge is 0.185 e. The van der Waals surface area contributed by atoms with Crippen LogP contribution in [-0.2, 0) is 12.0 Å². The number of para-hydroxylation sites is 1. The predicted molar refractivity (Wildman–Crippen MR) is 109 cm³/mol. The van der Waals surface area contributed by atoms with Crippen LogP contribution in [-0.4, -0.2) is 0 Å². The minimum absolute atomic E-state index is 0.132. The maximum atomic E-state index is 2.67. The van der Waals surface area contributed by atoms with Crippen molar-refractivity contribution in [3.63, 3.8) is 0 Å². The summed E-state index contributed by atoms with van der Waals surface area (Å²) in [4.78, 5) is 0. The van der Waals surface area contributed by atoms with Crippen molar-refractivity contribution in [2.75, 3.05) is 0 Å². The molecule has 0 unspecified atom stereocenters. The summed E-state index contributed by atoms with van der Waals surface area (Å²) in [5.41, 5.74) is 5.76. The summed E-state index contributed by atoms with van der Waals surface area (Å²) >= 11 is 0. The Kier molecular flexibility index (Phi) is 3.40. The highest BCUT2D eigenvalue weighted by molar-refractivity contribution is 6.09. The molecule has 1 heteroatoms. The summed E-state index contributed by atoms with van der Waals surface area (Å²) in [5, 5.41) is 4.08. The van der Waals surface area contributed by atoms with Crippen LogP contribution in [0.2, 0.25) is 0 Å². The Hall–Kier alpha value is -2.67. The van der Waals surface area contributed by atoms with Crippen molar-refractivity contribution >= 4 is 21.7 Å². The van der Waals surface area contributed by atoms with Gasteiger partial charge in [-0.1, -0.05) is 62.4 Å². The highest BCUT2D eigenvalue weighted by atomic mass is 15.1. The van der Waals surface area contributed by atoms with Gasteiger partial charge in [-0.15, -0.1) is 0 Å². The molecule has 1 aliphatic heterocycles. The van der Waals surface area contributed by atoms with Gasteiger partial charge >= 0.3 is 0 Å². The first-order chi connectivity index (χ1) is 12.8. The number of benzene rings is 3. The SMILES string of the molecule is CCC1(CC)Cc2ccccc2-c2c3ccccc3c3ccccc3[n+]21. The first-order valence-corrected chi connectivity index (χ1v) is 9.73. The lowest BCUT2D eigenvalue weighted by Crippen LogP contribution is -2.60. The average molecular weight is 338 g/mol. The summed E-state index contributed by atoms with van der Waals surface area (Å²) < 4.78 is 2.67. The van der Waals surface area contributed by atoms with E-state index < -0.39 is 0 Å². The summed E-state index contributed by atoms with van der Waals surface area (Å²) in [6.07, 6.45) is 3.38. The monoisotopic (exact) mass is 338 g/mol. The van der Waals surface area contributed by atoms with E-state index in [9.17, 15) is 0 Å². The van der Waals surface area contributed by atoms with Crippen LogP contribution in [0.25, 0.3) is 32.9 Å². The number of hydrogen-bond donors (Lipinski definition) is 0. The van der Waals surface area contributed by atoms with Gasteiger partial charge in [0.25, 0.3) is 0 Å². The fourth-order valence-corrected chi connectivity index (χ4v) is 4.98. The van der Waals surface area contributed by atoms with Crippen molar-refractivity contribution in [1.82, 2.24) is 0 Å². The van der Waals surface area contributed by atoms with Gasteiger partial charge in [0.05, 0.1) is 16.3 Å². The van der Waals surface area contributed by atoms with Crippen LogP contribution in [0.1, 0.15) is 32.3 Å². The summed E-state index contributed by atoms with van der Waals surface area (Å²) in [5.74, 6) is 0. The van der Waals surface area contributed by atoms with Crippen molar-refractivity contribution in [3.8, 4) is 11.3 Å². The molecule has 0 N–H and O–H groups in total. The molecule has 128 valence electrons. The van der Waals surface area contributed by atoms with Gasteiger partial charge in [-0.3, -0.25) is 0 Å². The minimum atomic E-state index is 0.132. The van der Waals surface area contributed by atoms with E-state index in [1.807, 2.05) is 0 Å². The van der Waals surface area contributed by atoms with E-state index in [4.69, 9.17) is 0 Å². The molecule has 3 aromatic carbocycles. The van der Waals surface area contributed by atoms with Crippen molar-refractivity contribution in [2.24, 2.45) is 0 Å². The number of pyridine rings is 1. The standard InChI is InChI=1S/C25H24N/c1-3-25(4-2)17-18-11-5-6-12-19(18)24-22-15-8-7-13-20(22)21-14-9-10-16-23(21)26(24)25/h5-16H,3-4,17H2,1-2H3/q+1. The maximum Gasteiger partial charge on any atom is 0.221 e. The molecule has 1 aliphatic rings. The van der Waals surface area contributed by atoms with Gasteiger partial charge in [0, 0.05) is 30.7 Å². The Labute approximate surface area is 154 Å². The lowest BCUT2D eigenvalue weighted by atomic mass is 9.78. The first kappa shape index (κ1) is 15.6. The lowest BCUT2D eigenvalue weighted by molar-refractivity contribution is -0.734. The van der Waals surface area contributed by atoms with Crippen LogP contribution in [0.15, 0.2) is 72.8 Å². The minimum Gasteiger partial charge on any atom is -0.185 e. The molecule has 0 aliphatic carbocycles. The van der Waals surface area contributed by atoms with Crippen LogP contribution in [0.4, 0.5) is 0 Å². The van der Waals surface area contributed by atoms with Gasteiger partial charge in [-0.25, -0.2) is 0 Å². The van der Waals surface area contributed by atoms with Gasteiger partial charge in [-0.05, 0) is 23.8 Å². The molecule has 0 saturated heterocycles. The van der Waals surface area contributed by atoms with Crippen molar-refractivity contribution in [2.45, 2.75) is 38.6 Å². The van der Waals surface area contributed by atoms with Crippen LogP contribution >= 0.6 is 0 Å². The fourth-order valence-electron chi connectivity index (χ4n) is 4.98. The molecule has 1 nitrogen and oxygen atoms in total. The predicted octanol–water partition coefficient (Wildman–Crippen LogP) is 6.02. The zero-order valence-corrected chi connectivity index (χ0v) is 15.5. The summed E-state index contributed by atoms with van der Waals surface area (Å²) in [6, 6.07) is 26.8. The third kappa shape index (κ3) is 1.94. The van der Waals surface area contributed by atoms with E-state index in [1.165, 1.54) is 38.5 Å². The van der Waals surface area contributed by atoms with Gasteiger partial charge in [0.15, 0.2) is 5.54 Å². The third-order valence-electron chi connectivity index (χ3n) is 6.42. The molecule has 0 atom stereocenters. The zero-order valence-electron chi connectivity index (χ0n) is 15.5. The molecule has 0 radical (unpaired) electrons. The van der Waals surface area contributed by atoms with Gasteiger partial charge in [-0.2, -0.15) is 4.57 Å². The molecular weight excluding hydrogens is 314 g/mol. The normalized spacial score (nSPS) is 15.0. The van der Waals surface area contributed by atoms with Crippen LogP contribution in [0.5, 0.6) is 0 Å². The molecule has 0 amide bonds. The second kappa shape index (κ2) is 5.67. The van der Waals surface area contributed by atoms with E-state index >= 15 is 0 Å². The Balaban J connectivity index is 2.09. The number of rotatable bonds is 2. The Morgan fingerprint density at radius 1 is 0.731 bits per heavy atom. The molecule has 0 fully saturated rings. The molecule has 26 heavy (non-hydrogen) atoms. The van der Waals surface area contributed by atoms with Crippen molar-refractivity contribution in [1.29, 1.82) is 0 Å². The maximum absolute atomic E-state index is 2.67. The first-order valence-electron chi connectivity index (χ1n) is 9.73. The number of hydrogen-bond acceptors (Lipinski definition) is 0. The van der Waals surface area contributed by atoms with E-state index in [0.29, 0.717) is 0 Å². The lowest BCUT2D eigenvalue weighted by Gasteiger charge is -2.34. The summed E-state index contributed by atoms with van der Waals surface area (Å²) in [7, 11) is 0. The van der Waals surface area contributed by atoms with Gasteiger partial charge in [0.1, 0.15) is 0 Å². The van der Waals surface area contributed by atoms with Crippen LogP contribution in [0, 0.1) is 0 Å². The van der Waals surface area contributed by atoms with Crippen molar-refractivity contribution < 1.29 is 4.57 Å². The third-order valence-corrected chi connectivity index (χ3v) is 6.42. The number of nitrogens with zero attached hydrogens (tertiary/aromatic N) is 1.